The Morgan fingerprint density at radius 3 is 2.86 bits per heavy atom. The Labute approximate surface area is 129 Å². The van der Waals surface area contributed by atoms with Gasteiger partial charge in [-0.1, -0.05) is 41.7 Å². The van der Waals surface area contributed by atoms with E-state index in [9.17, 15) is 4.79 Å². The molecule has 0 saturated heterocycles. The third-order valence-corrected chi connectivity index (χ3v) is 4.49. The molecule has 108 valence electrons. The first-order valence-corrected chi connectivity index (χ1v) is 8.14. The summed E-state index contributed by atoms with van der Waals surface area (Å²) >= 11 is 2.68. The number of nitrogens with one attached hydrogen (secondary N) is 2. The van der Waals surface area contributed by atoms with Crippen LogP contribution in [-0.2, 0) is 0 Å². The van der Waals surface area contributed by atoms with Crippen LogP contribution in [0.25, 0.3) is 10.2 Å². The molecule has 8 heteroatoms. The molecule has 3 aromatic rings. The van der Waals surface area contributed by atoms with Gasteiger partial charge < -0.3 is 5.32 Å². The average molecular weight is 319 g/mol. The SMILES string of the molecule is CCCNc1nnc(C(=O)Nc2nc3ccccc3s2)s1. The summed E-state index contributed by atoms with van der Waals surface area (Å²) in [6, 6.07) is 7.76. The van der Waals surface area contributed by atoms with Gasteiger partial charge >= 0.3 is 0 Å². The number of amides is 1. The fourth-order valence-corrected chi connectivity index (χ4v) is 3.22. The van der Waals surface area contributed by atoms with Gasteiger partial charge in [-0.3, -0.25) is 10.1 Å². The predicted molar refractivity (Wildman–Crippen MR) is 86.3 cm³/mol. The fraction of sp³-hybridized carbons (Fsp3) is 0.231. The highest BCUT2D eigenvalue weighted by Crippen LogP contribution is 2.26. The molecule has 0 saturated carbocycles. The predicted octanol–water partition coefficient (Wildman–Crippen LogP) is 3.22. The maximum atomic E-state index is 12.1. The van der Waals surface area contributed by atoms with Gasteiger partial charge in [0.1, 0.15) is 0 Å². The van der Waals surface area contributed by atoms with Gasteiger partial charge in [-0.15, -0.1) is 10.2 Å². The summed E-state index contributed by atoms with van der Waals surface area (Å²) < 4.78 is 1.04. The number of hydrogen-bond acceptors (Lipinski definition) is 7. The molecule has 2 N–H and O–H groups in total. The van der Waals surface area contributed by atoms with E-state index in [0.29, 0.717) is 15.3 Å². The Morgan fingerprint density at radius 2 is 2.05 bits per heavy atom. The minimum Gasteiger partial charge on any atom is -0.360 e. The van der Waals surface area contributed by atoms with Gasteiger partial charge in [0.15, 0.2) is 5.13 Å². The van der Waals surface area contributed by atoms with Gasteiger partial charge in [0, 0.05) is 6.54 Å². The molecule has 2 heterocycles. The van der Waals surface area contributed by atoms with Crippen LogP contribution in [-0.4, -0.2) is 27.6 Å². The number of carbonyl (C=O) groups is 1. The number of para-hydroxylation sites is 1. The quantitative estimate of drug-likeness (QED) is 0.755. The molecule has 0 aliphatic heterocycles. The molecule has 0 aliphatic carbocycles. The lowest BCUT2D eigenvalue weighted by molar-refractivity contribution is 0.102. The summed E-state index contributed by atoms with van der Waals surface area (Å²) in [6.45, 7) is 2.88. The van der Waals surface area contributed by atoms with Crippen LogP contribution in [0.5, 0.6) is 0 Å². The highest BCUT2D eigenvalue weighted by molar-refractivity contribution is 7.22. The molecular formula is C13H13N5OS2. The average Bonchev–Trinajstić information content (AvgIpc) is 3.11. The molecule has 0 aliphatic rings. The van der Waals surface area contributed by atoms with Gasteiger partial charge in [0.05, 0.1) is 10.2 Å². The van der Waals surface area contributed by atoms with E-state index < -0.39 is 0 Å². The molecule has 3 rings (SSSR count). The van der Waals surface area contributed by atoms with E-state index in [2.05, 4.69) is 32.7 Å². The van der Waals surface area contributed by atoms with Gasteiger partial charge in [0.2, 0.25) is 10.1 Å². The minimum absolute atomic E-state index is 0.281. The zero-order chi connectivity index (χ0) is 14.7. The monoisotopic (exact) mass is 319 g/mol. The smallest absolute Gasteiger partial charge is 0.288 e. The third kappa shape index (κ3) is 3.17. The summed E-state index contributed by atoms with van der Waals surface area (Å²) in [5.41, 5.74) is 0.875. The van der Waals surface area contributed by atoms with Crippen molar-refractivity contribution in [3.05, 3.63) is 29.3 Å². The Balaban J connectivity index is 1.71. The fourth-order valence-electron chi connectivity index (χ4n) is 1.69. The number of carbonyl (C=O) groups excluding carboxylic acids is 1. The van der Waals surface area contributed by atoms with Crippen LogP contribution in [0.15, 0.2) is 24.3 Å². The van der Waals surface area contributed by atoms with Crippen molar-refractivity contribution in [2.24, 2.45) is 0 Å². The first-order chi connectivity index (χ1) is 10.3. The molecule has 0 unspecified atom stereocenters. The first kappa shape index (κ1) is 13.9. The number of hydrogen-bond donors (Lipinski definition) is 2. The van der Waals surface area contributed by atoms with E-state index in [-0.39, 0.29) is 5.91 Å². The van der Waals surface area contributed by atoms with Crippen molar-refractivity contribution < 1.29 is 4.79 Å². The minimum atomic E-state index is -0.281. The summed E-state index contributed by atoms with van der Waals surface area (Å²) in [5, 5.41) is 15.3. The second-order valence-electron chi connectivity index (χ2n) is 4.28. The summed E-state index contributed by atoms with van der Waals surface area (Å²) in [5.74, 6) is -0.281. The number of aromatic nitrogens is 3. The van der Waals surface area contributed by atoms with E-state index in [1.54, 1.807) is 0 Å². The molecule has 0 atom stereocenters. The van der Waals surface area contributed by atoms with Crippen LogP contribution in [0.4, 0.5) is 10.3 Å². The normalized spacial score (nSPS) is 10.7. The van der Waals surface area contributed by atoms with Gasteiger partial charge in [-0.05, 0) is 18.6 Å². The lowest BCUT2D eigenvalue weighted by Gasteiger charge is -1.96. The highest BCUT2D eigenvalue weighted by atomic mass is 32.1. The van der Waals surface area contributed by atoms with Crippen molar-refractivity contribution in [2.75, 3.05) is 17.2 Å². The Morgan fingerprint density at radius 1 is 1.19 bits per heavy atom. The Bertz CT molecular complexity index is 734. The Kier molecular flexibility index (Phi) is 4.07. The summed E-state index contributed by atoms with van der Waals surface area (Å²) in [4.78, 5) is 16.5. The van der Waals surface area contributed by atoms with E-state index in [0.717, 1.165) is 23.2 Å². The van der Waals surface area contributed by atoms with Crippen molar-refractivity contribution in [2.45, 2.75) is 13.3 Å². The molecule has 2 aromatic heterocycles. The lowest BCUT2D eigenvalue weighted by atomic mass is 10.3. The third-order valence-electron chi connectivity index (χ3n) is 2.66. The van der Waals surface area contributed by atoms with Gasteiger partial charge in [-0.25, -0.2) is 4.98 Å². The van der Waals surface area contributed by atoms with Crippen molar-refractivity contribution in [3.63, 3.8) is 0 Å². The second kappa shape index (κ2) is 6.15. The summed E-state index contributed by atoms with van der Waals surface area (Å²) in [7, 11) is 0. The van der Waals surface area contributed by atoms with Crippen molar-refractivity contribution in [1.29, 1.82) is 0 Å². The van der Waals surface area contributed by atoms with E-state index in [4.69, 9.17) is 0 Å². The zero-order valence-corrected chi connectivity index (χ0v) is 12.9. The van der Waals surface area contributed by atoms with Crippen molar-refractivity contribution in [1.82, 2.24) is 15.2 Å². The maximum Gasteiger partial charge on any atom is 0.288 e. The number of fused-ring (bicyclic) bond motifs is 1. The van der Waals surface area contributed by atoms with Gasteiger partial charge in [-0.2, -0.15) is 0 Å². The number of nitrogens with zero attached hydrogens (tertiary/aromatic N) is 3. The molecule has 0 spiro atoms. The molecule has 0 fully saturated rings. The lowest BCUT2D eigenvalue weighted by Crippen LogP contribution is -2.11. The van der Waals surface area contributed by atoms with Crippen LogP contribution in [0.2, 0.25) is 0 Å². The maximum absolute atomic E-state index is 12.1. The molecule has 6 nitrogen and oxygen atoms in total. The van der Waals surface area contributed by atoms with E-state index >= 15 is 0 Å². The van der Waals surface area contributed by atoms with Crippen molar-refractivity contribution in [3.8, 4) is 0 Å². The molecule has 1 aromatic carbocycles. The second-order valence-corrected chi connectivity index (χ2v) is 6.29. The molecule has 1 amide bonds. The number of benzene rings is 1. The topological polar surface area (TPSA) is 79.8 Å². The Hall–Kier alpha value is -2.06. The highest BCUT2D eigenvalue weighted by Gasteiger charge is 2.14. The first-order valence-electron chi connectivity index (χ1n) is 6.50. The molecule has 0 bridgehead atoms. The van der Waals surface area contributed by atoms with Crippen molar-refractivity contribution >= 4 is 49.1 Å². The van der Waals surface area contributed by atoms with E-state index in [1.165, 1.54) is 22.7 Å². The van der Waals surface area contributed by atoms with Gasteiger partial charge in [0.25, 0.3) is 5.91 Å². The number of anilines is 2. The van der Waals surface area contributed by atoms with Crippen LogP contribution in [0.1, 0.15) is 23.1 Å². The van der Waals surface area contributed by atoms with Crippen LogP contribution >= 0.6 is 22.7 Å². The number of rotatable bonds is 5. The van der Waals surface area contributed by atoms with Crippen LogP contribution in [0, 0.1) is 0 Å². The summed E-state index contributed by atoms with van der Waals surface area (Å²) in [6.07, 6.45) is 0.993. The molecule has 0 radical (unpaired) electrons. The van der Waals surface area contributed by atoms with Crippen LogP contribution < -0.4 is 10.6 Å². The van der Waals surface area contributed by atoms with Crippen LogP contribution in [0.3, 0.4) is 0 Å². The molecular weight excluding hydrogens is 306 g/mol. The largest absolute Gasteiger partial charge is 0.360 e. The zero-order valence-electron chi connectivity index (χ0n) is 11.3. The number of thiazole rings is 1. The standard InChI is InChI=1S/C13H13N5OS2/c1-2-7-14-12-18-17-11(21-12)10(19)16-13-15-8-5-3-4-6-9(8)20-13/h3-6H,2,7H2,1H3,(H,14,18)(H,15,16,19). The molecule has 21 heavy (non-hydrogen) atoms. The van der Waals surface area contributed by atoms with E-state index in [1.807, 2.05) is 24.3 Å².